The molecule has 1 fully saturated rings. The molecular weight excluding hydrogens is 522 g/mol. The number of rotatable bonds is 8. The summed E-state index contributed by atoms with van der Waals surface area (Å²) in [6.07, 6.45) is 0.719. The predicted molar refractivity (Wildman–Crippen MR) is 157 cm³/mol. The van der Waals surface area contributed by atoms with E-state index in [0.29, 0.717) is 11.4 Å². The second kappa shape index (κ2) is 10.6. The number of urea groups is 1. The number of carbonyl (C=O) groups is 2. The highest BCUT2D eigenvalue weighted by Crippen LogP contribution is 2.34. The van der Waals surface area contributed by atoms with E-state index in [1.807, 2.05) is 49.4 Å². The summed E-state index contributed by atoms with van der Waals surface area (Å²) in [5, 5.41) is 0. The third-order valence-corrected chi connectivity index (χ3v) is 8.61. The molecule has 4 aromatic rings. The van der Waals surface area contributed by atoms with Gasteiger partial charge in [-0.25, -0.2) is 18.1 Å². The molecule has 0 saturated carbocycles. The lowest BCUT2D eigenvalue weighted by molar-refractivity contribution is -0.123. The van der Waals surface area contributed by atoms with Crippen molar-refractivity contribution in [1.82, 2.24) is 4.90 Å². The standard InChI is InChI=1S/C32H31N3O4S/c1-23-13-19-29(20-14-23)40(38,39)33-27-15-17-28(18-16-27)35-30(36)32(2,3)34(31(35)37)22-26-12-8-7-11-25(26)21-24-9-5-4-6-10-24/h4-20,33H,21-22H2,1-3H3. The van der Waals surface area contributed by atoms with Gasteiger partial charge in [0.2, 0.25) is 0 Å². The summed E-state index contributed by atoms with van der Waals surface area (Å²) in [6.45, 7) is 5.66. The van der Waals surface area contributed by atoms with Crippen molar-refractivity contribution in [1.29, 1.82) is 0 Å². The normalized spacial score (nSPS) is 15.0. The summed E-state index contributed by atoms with van der Waals surface area (Å²) in [5.74, 6) is -0.342. The Balaban J connectivity index is 1.36. The molecule has 1 saturated heterocycles. The first-order chi connectivity index (χ1) is 19.1. The van der Waals surface area contributed by atoms with Crippen LogP contribution in [-0.2, 0) is 27.8 Å². The second-order valence-corrected chi connectivity index (χ2v) is 12.1. The molecule has 204 valence electrons. The summed E-state index contributed by atoms with van der Waals surface area (Å²) in [5.41, 5.74) is 3.83. The minimum absolute atomic E-state index is 0.150. The zero-order valence-corrected chi connectivity index (χ0v) is 23.5. The molecule has 0 aliphatic carbocycles. The molecule has 0 unspecified atom stereocenters. The maximum Gasteiger partial charge on any atom is 0.332 e. The molecule has 4 aromatic carbocycles. The smallest absolute Gasteiger partial charge is 0.305 e. The Labute approximate surface area is 235 Å². The first-order valence-electron chi connectivity index (χ1n) is 13.0. The third-order valence-electron chi connectivity index (χ3n) is 7.22. The summed E-state index contributed by atoms with van der Waals surface area (Å²) >= 11 is 0. The van der Waals surface area contributed by atoms with Crippen molar-refractivity contribution in [3.63, 3.8) is 0 Å². The monoisotopic (exact) mass is 553 g/mol. The van der Waals surface area contributed by atoms with Crippen molar-refractivity contribution in [3.05, 3.63) is 125 Å². The molecule has 0 aromatic heterocycles. The molecule has 0 atom stereocenters. The Morgan fingerprint density at radius 2 is 1.35 bits per heavy atom. The molecule has 0 spiro atoms. The van der Waals surface area contributed by atoms with Crippen molar-refractivity contribution < 1.29 is 18.0 Å². The summed E-state index contributed by atoms with van der Waals surface area (Å²) < 4.78 is 28.1. The highest BCUT2D eigenvalue weighted by Gasteiger charge is 2.51. The second-order valence-electron chi connectivity index (χ2n) is 10.5. The summed E-state index contributed by atoms with van der Waals surface area (Å²) in [7, 11) is -3.78. The lowest BCUT2D eigenvalue weighted by atomic mass is 9.97. The lowest BCUT2D eigenvalue weighted by Gasteiger charge is -2.28. The molecule has 40 heavy (non-hydrogen) atoms. The van der Waals surface area contributed by atoms with Gasteiger partial charge in [-0.15, -0.1) is 0 Å². The number of sulfonamides is 1. The third kappa shape index (κ3) is 5.35. The van der Waals surface area contributed by atoms with Gasteiger partial charge in [-0.05, 0) is 80.3 Å². The fraction of sp³-hybridized carbons (Fsp3) is 0.188. The molecule has 0 radical (unpaired) electrons. The molecule has 1 aliphatic heterocycles. The molecule has 8 heteroatoms. The van der Waals surface area contributed by atoms with Gasteiger partial charge in [0, 0.05) is 12.2 Å². The van der Waals surface area contributed by atoms with E-state index in [0.717, 1.165) is 33.6 Å². The van der Waals surface area contributed by atoms with Gasteiger partial charge < -0.3 is 4.90 Å². The average Bonchev–Trinajstić information content (AvgIpc) is 3.10. The van der Waals surface area contributed by atoms with E-state index in [-0.39, 0.29) is 17.3 Å². The molecule has 1 aliphatic rings. The summed E-state index contributed by atoms with van der Waals surface area (Å²) in [4.78, 5) is 30.0. The van der Waals surface area contributed by atoms with E-state index in [9.17, 15) is 18.0 Å². The number of amides is 3. The Morgan fingerprint density at radius 3 is 2.00 bits per heavy atom. The van der Waals surface area contributed by atoms with Gasteiger partial charge in [0.05, 0.1) is 10.6 Å². The van der Waals surface area contributed by atoms with Gasteiger partial charge in [0.15, 0.2) is 0 Å². The topological polar surface area (TPSA) is 86.8 Å². The van der Waals surface area contributed by atoms with Gasteiger partial charge in [0.25, 0.3) is 15.9 Å². The van der Waals surface area contributed by atoms with Crippen molar-refractivity contribution in [2.45, 2.75) is 44.2 Å². The maximum atomic E-state index is 13.7. The van der Waals surface area contributed by atoms with Crippen LogP contribution in [0.15, 0.2) is 108 Å². The minimum atomic E-state index is -3.78. The Morgan fingerprint density at radius 1 is 0.750 bits per heavy atom. The Bertz CT molecular complexity index is 1650. The molecular formula is C32H31N3O4S. The van der Waals surface area contributed by atoms with Crippen LogP contribution in [0.3, 0.4) is 0 Å². The maximum absolute atomic E-state index is 13.7. The van der Waals surface area contributed by atoms with Gasteiger partial charge >= 0.3 is 6.03 Å². The van der Waals surface area contributed by atoms with E-state index in [2.05, 4.69) is 16.9 Å². The Kier molecular flexibility index (Phi) is 7.21. The molecule has 1 N–H and O–H groups in total. The van der Waals surface area contributed by atoms with E-state index >= 15 is 0 Å². The quantitative estimate of drug-likeness (QED) is 0.266. The van der Waals surface area contributed by atoms with Crippen LogP contribution in [0.4, 0.5) is 16.2 Å². The predicted octanol–water partition coefficient (Wildman–Crippen LogP) is 6.13. The van der Waals surface area contributed by atoms with Crippen molar-refractivity contribution in [3.8, 4) is 0 Å². The number of aryl methyl sites for hydroxylation is 1. The number of anilines is 2. The first kappa shape index (κ1) is 27.1. The number of imide groups is 1. The number of carbonyl (C=O) groups excluding carboxylic acids is 2. The van der Waals surface area contributed by atoms with Crippen LogP contribution in [0.5, 0.6) is 0 Å². The van der Waals surface area contributed by atoms with Crippen LogP contribution in [0, 0.1) is 6.92 Å². The average molecular weight is 554 g/mol. The van der Waals surface area contributed by atoms with E-state index in [4.69, 9.17) is 0 Å². The fourth-order valence-electron chi connectivity index (χ4n) is 4.81. The fourth-order valence-corrected chi connectivity index (χ4v) is 5.87. The number of hydrogen-bond donors (Lipinski definition) is 1. The Hall–Kier alpha value is -4.43. The highest BCUT2D eigenvalue weighted by atomic mass is 32.2. The van der Waals surface area contributed by atoms with Crippen LogP contribution in [0.1, 0.15) is 36.1 Å². The number of benzene rings is 4. The zero-order chi connectivity index (χ0) is 28.5. The van der Waals surface area contributed by atoms with Crippen molar-refractivity contribution >= 4 is 33.3 Å². The number of nitrogens with one attached hydrogen (secondary N) is 1. The number of hydrogen-bond acceptors (Lipinski definition) is 4. The highest BCUT2D eigenvalue weighted by molar-refractivity contribution is 7.92. The largest absolute Gasteiger partial charge is 0.332 e. The minimum Gasteiger partial charge on any atom is -0.305 e. The van der Waals surface area contributed by atoms with Crippen molar-refractivity contribution in [2.75, 3.05) is 9.62 Å². The zero-order valence-electron chi connectivity index (χ0n) is 22.7. The molecule has 3 amide bonds. The van der Waals surface area contributed by atoms with E-state index in [1.54, 1.807) is 67.3 Å². The lowest BCUT2D eigenvalue weighted by Crippen LogP contribution is -2.43. The van der Waals surface area contributed by atoms with E-state index in [1.165, 1.54) is 0 Å². The molecule has 5 rings (SSSR count). The van der Waals surface area contributed by atoms with Gasteiger partial charge in [-0.3, -0.25) is 9.52 Å². The van der Waals surface area contributed by atoms with Gasteiger partial charge in [0.1, 0.15) is 5.54 Å². The van der Waals surface area contributed by atoms with Crippen molar-refractivity contribution in [2.24, 2.45) is 0 Å². The van der Waals surface area contributed by atoms with Crippen LogP contribution >= 0.6 is 0 Å². The van der Waals surface area contributed by atoms with Gasteiger partial charge in [-0.1, -0.05) is 72.3 Å². The van der Waals surface area contributed by atoms with Crippen LogP contribution in [-0.4, -0.2) is 30.8 Å². The van der Waals surface area contributed by atoms with Crippen LogP contribution in [0.2, 0.25) is 0 Å². The first-order valence-corrected chi connectivity index (χ1v) is 14.5. The molecule has 0 bridgehead atoms. The number of nitrogens with zero attached hydrogens (tertiary/aromatic N) is 2. The summed E-state index contributed by atoms with van der Waals surface area (Å²) in [6, 6.07) is 30.4. The molecule has 7 nitrogen and oxygen atoms in total. The van der Waals surface area contributed by atoms with E-state index < -0.39 is 21.6 Å². The SMILES string of the molecule is Cc1ccc(S(=O)(=O)Nc2ccc(N3C(=O)N(Cc4ccccc4Cc4ccccc4)C(C)(C)C3=O)cc2)cc1. The van der Waals surface area contributed by atoms with Crippen LogP contribution < -0.4 is 9.62 Å². The van der Waals surface area contributed by atoms with Crippen LogP contribution in [0.25, 0.3) is 0 Å². The molecule has 1 heterocycles. The van der Waals surface area contributed by atoms with Gasteiger partial charge in [-0.2, -0.15) is 0 Å².